The van der Waals surface area contributed by atoms with Crippen LogP contribution in [-0.2, 0) is 0 Å². The molecular weight excluding hydrogens is 492 g/mol. The van der Waals surface area contributed by atoms with Crippen molar-refractivity contribution >= 4 is 46.1 Å². The van der Waals surface area contributed by atoms with Crippen molar-refractivity contribution in [2.45, 2.75) is 65.5 Å². The molecule has 0 spiro atoms. The monoisotopic (exact) mass is 530 g/mol. The van der Waals surface area contributed by atoms with Crippen LogP contribution in [0.3, 0.4) is 0 Å². The number of hydrogen-bond donors (Lipinski definition) is 5. The van der Waals surface area contributed by atoms with Crippen LogP contribution in [0, 0.1) is 5.92 Å². The molecule has 10 nitrogen and oxygen atoms in total. The summed E-state index contributed by atoms with van der Waals surface area (Å²) < 4.78 is 1.97. The maximum absolute atomic E-state index is 12.6. The molecule has 3 rings (SSSR count). The zero-order chi connectivity index (χ0) is 26.9. The third kappa shape index (κ3) is 7.53. The van der Waals surface area contributed by atoms with Gasteiger partial charge in [-0.25, -0.2) is 4.98 Å². The molecule has 37 heavy (non-hydrogen) atoms. The largest absolute Gasteiger partial charge is 0.394 e. The molecule has 2 heterocycles. The zero-order valence-electron chi connectivity index (χ0n) is 22.1. The van der Waals surface area contributed by atoms with E-state index in [4.69, 9.17) is 17.3 Å². The summed E-state index contributed by atoms with van der Waals surface area (Å²) in [6.07, 6.45) is 5.74. The molecule has 0 saturated heterocycles. The first-order valence-electron chi connectivity index (χ1n) is 12.9. The van der Waals surface area contributed by atoms with Gasteiger partial charge in [0.05, 0.1) is 29.6 Å². The molecule has 0 aliphatic carbocycles. The fourth-order valence-corrected chi connectivity index (χ4v) is 4.14. The molecule has 0 aliphatic heterocycles. The van der Waals surface area contributed by atoms with Gasteiger partial charge in [-0.15, -0.1) is 0 Å². The Labute approximate surface area is 223 Å². The lowest BCUT2D eigenvalue weighted by Crippen LogP contribution is -2.30. The van der Waals surface area contributed by atoms with E-state index < -0.39 is 0 Å². The van der Waals surface area contributed by atoms with Gasteiger partial charge in [0.15, 0.2) is 17.0 Å². The van der Waals surface area contributed by atoms with E-state index in [2.05, 4.69) is 44.7 Å². The second-order valence-electron chi connectivity index (χ2n) is 9.77. The molecule has 0 bridgehead atoms. The van der Waals surface area contributed by atoms with Gasteiger partial charge in [0.2, 0.25) is 5.95 Å². The van der Waals surface area contributed by atoms with Crippen LogP contribution in [0.4, 0.5) is 17.5 Å². The second-order valence-corrected chi connectivity index (χ2v) is 10.2. The number of nitrogens with two attached hydrogens (primary N) is 1. The maximum atomic E-state index is 12.6. The van der Waals surface area contributed by atoms with Crippen LogP contribution in [0.15, 0.2) is 24.5 Å². The van der Waals surface area contributed by atoms with E-state index in [-0.39, 0.29) is 30.5 Å². The number of aliphatic hydroxyl groups excluding tert-OH is 1. The Balaban J connectivity index is 1.81. The number of nitrogens with zero attached hydrogens (tertiary/aromatic N) is 4. The molecule has 0 saturated carbocycles. The number of benzene rings is 1. The van der Waals surface area contributed by atoms with Crippen LogP contribution in [0.5, 0.6) is 0 Å². The molecule has 202 valence electrons. The van der Waals surface area contributed by atoms with E-state index in [0.29, 0.717) is 52.3 Å². The van der Waals surface area contributed by atoms with Gasteiger partial charge in [-0.05, 0) is 57.4 Å². The minimum absolute atomic E-state index is 0.0435. The SMILES string of the molecule is CC(C)[C@H](CO)Nc1nc(Nc2ccc(C(=O)NCCCCCCN)c(Cl)c2)c2ncn(C(C)C)c2n1. The van der Waals surface area contributed by atoms with Crippen molar-refractivity contribution in [2.24, 2.45) is 11.7 Å². The van der Waals surface area contributed by atoms with Crippen LogP contribution < -0.4 is 21.7 Å². The Hall–Kier alpha value is -2.95. The van der Waals surface area contributed by atoms with Crippen LogP contribution >= 0.6 is 11.6 Å². The zero-order valence-corrected chi connectivity index (χ0v) is 22.8. The molecule has 11 heteroatoms. The summed E-state index contributed by atoms with van der Waals surface area (Å²) >= 11 is 6.48. The van der Waals surface area contributed by atoms with Crippen molar-refractivity contribution in [3.8, 4) is 0 Å². The molecule has 1 aromatic carbocycles. The van der Waals surface area contributed by atoms with E-state index in [1.54, 1.807) is 24.5 Å². The number of aliphatic hydroxyl groups is 1. The smallest absolute Gasteiger partial charge is 0.252 e. The Bertz CT molecular complexity index is 1180. The van der Waals surface area contributed by atoms with E-state index in [0.717, 1.165) is 25.7 Å². The second kappa shape index (κ2) is 13.6. The first kappa shape index (κ1) is 28.6. The highest BCUT2D eigenvalue weighted by atomic mass is 35.5. The molecular formula is C26H39ClN8O2. The highest BCUT2D eigenvalue weighted by molar-refractivity contribution is 6.34. The lowest BCUT2D eigenvalue weighted by molar-refractivity contribution is 0.0953. The molecule has 2 aromatic heterocycles. The summed E-state index contributed by atoms with van der Waals surface area (Å²) in [7, 11) is 0. The third-order valence-electron chi connectivity index (χ3n) is 6.19. The standard InChI is InChI=1S/C26H39ClN8O2/c1-16(2)21(14-36)32-26-33-23(22-24(34-26)35(15-30-22)17(3)4)31-18-9-10-19(20(27)13-18)25(37)29-12-8-6-5-7-11-28/h9-10,13,15-17,21,36H,5-8,11-12,14,28H2,1-4H3,(H,29,37)(H2,31,32,33,34)/t21-/m0/s1. The number of aromatic nitrogens is 4. The Morgan fingerprint density at radius 3 is 2.54 bits per heavy atom. The fourth-order valence-electron chi connectivity index (χ4n) is 3.87. The summed E-state index contributed by atoms with van der Waals surface area (Å²) in [5.74, 6) is 0.863. The summed E-state index contributed by atoms with van der Waals surface area (Å²) in [4.78, 5) is 26.5. The van der Waals surface area contributed by atoms with Crippen molar-refractivity contribution in [1.29, 1.82) is 0 Å². The van der Waals surface area contributed by atoms with Gasteiger partial charge in [0, 0.05) is 18.3 Å². The van der Waals surface area contributed by atoms with Gasteiger partial charge in [0.1, 0.15) is 0 Å². The molecule has 6 N–H and O–H groups in total. The first-order chi connectivity index (χ1) is 17.7. The van der Waals surface area contributed by atoms with Gasteiger partial charge in [-0.1, -0.05) is 38.3 Å². The van der Waals surface area contributed by atoms with Crippen LogP contribution in [-0.4, -0.2) is 56.3 Å². The van der Waals surface area contributed by atoms with Gasteiger partial charge in [0.25, 0.3) is 5.91 Å². The van der Waals surface area contributed by atoms with Crippen molar-refractivity contribution < 1.29 is 9.90 Å². The molecule has 0 radical (unpaired) electrons. The number of nitrogens with one attached hydrogen (secondary N) is 3. The third-order valence-corrected chi connectivity index (χ3v) is 6.50. The summed E-state index contributed by atoms with van der Waals surface area (Å²) in [5, 5.41) is 19.6. The van der Waals surface area contributed by atoms with Crippen LogP contribution in [0.25, 0.3) is 11.2 Å². The van der Waals surface area contributed by atoms with Crippen LogP contribution in [0.2, 0.25) is 5.02 Å². The van der Waals surface area contributed by atoms with Gasteiger partial charge < -0.3 is 31.4 Å². The molecule has 3 aromatic rings. The summed E-state index contributed by atoms with van der Waals surface area (Å²) in [6, 6.07) is 5.12. The lowest BCUT2D eigenvalue weighted by Gasteiger charge is -2.20. The molecule has 0 aliphatic rings. The van der Waals surface area contributed by atoms with Crippen molar-refractivity contribution in [1.82, 2.24) is 24.8 Å². The minimum Gasteiger partial charge on any atom is -0.394 e. The van der Waals surface area contributed by atoms with Crippen molar-refractivity contribution in [3.05, 3.63) is 35.1 Å². The number of hydrogen-bond acceptors (Lipinski definition) is 8. The van der Waals surface area contributed by atoms with Crippen molar-refractivity contribution in [2.75, 3.05) is 30.3 Å². The van der Waals surface area contributed by atoms with E-state index in [1.807, 2.05) is 18.4 Å². The molecule has 1 amide bonds. The topological polar surface area (TPSA) is 143 Å². The first-order valence-corrected chi connectivity index (χ1v) is 13.3. The predicted molar refractivity (Wildman–Crippen MR) is 150 cm³/mol. The Morgan fingerprint density at radius 1 is 1.14 bits per heavy atom. The van der Waals surface area contributed by atoms with Gasteiger partial charge >= 0.3 is 0 Å². The Kier molecular flexibility index (Phi) is 10.5. The number of imidazole rings is 1. The average molecular weight is 531 g/mol. The average Bonchev–Trinajstić information content (AvgIpc) is 3.29. The van der Waals surface area contributed by atoms with Gasteiger partial charge in [-0.2, -0.15) is 9.97 Å². The van der Waals surface area contributed by atoms with Crippen LogP contribution in [0.1, 0.15) is 69.8 Å². The predicted octanol–water partition coefficient (Wildman–Crippen LogP) is 4.48. The number of unbranched alkanes of at least 4 members (excludes halogenated alkanes) is 3. The quantitative estimate of drug-likeness (QED) is 0.192. The number of anilines is 3. The number of halogens is 1. The highest BCUT2D eigenvalue weighted by Crippen LogP contribution is 2.28. The number of rotatable bonds is 14. The number of carbonyl (C=O) groups excluding carboxylic acids is 1. The highest BCUT2D eigenvalue weighted by Gasteiger charge is 2.19. The lowest BCUT2D eigenvalue weighted by atomic mass is 10.1. The van der Waals surface area contributed by atoms with E-state index in [9.17, 15) is 9.90 Å². The van der Waals surface area contributed by atoms with E-state index >= 15 is 0 Å². The molecule has 1 atom stereocenters. The number of amides is 1. The fraction of sp³-hybridized carbons (Fsp3) is 0.538. The summed E-state index contributed by atoms with van der Waals surface area (Å²) in [5.41, 5.74) is 7.87. The maximum Gasteiger partial charge on any atom is 0.252 e. The van der Waals surface area contributed by atoms with Gasteiger partial charge in [-0.3, -0.25) is 4.79 Å². The normalized spacial score (nSPS) is 12.4. The van der Waals surface area contributed by atoms with E-state index in [1.165, 1.54) is 0 Å². The summed E-state index contributed by atoms with van der Waals surface area (Å²) in [6.45, 7) is 9.39. The number of fused-ring (bicyclic) bond motifs is 1. The minimum atomic E-state index is -0.203. The molecule has 0 unspecified atom stereocenters. The number of carbonyl (C=O) groups is 1. The molecule has 0 fully saturated rings. The van der Waals surface area contributed by atoms with Crippen molar-refractivity contribution in [3.63, 3.8) is 0 Å². The Morgan fingerprint density at radius 2 is 1.89 bits per heavy atom.